The van der Waals surface area contributed by atoms with Gasteiger partial charge in [-0.25, -0.2) is 0 Å². The average molecular weight is 272 g/mol. The summed E-state index contributed by atoms with van der Waals surface area (Å²) in [5, 5.41) is 0. The Morgan fingerprint density at radius 3 is 1.53 bits per heavy atom. The number of rotatable bonds is 7. The third kappa shape index (κ3) is 14.1. The van der Waals surface area contributed by atoms with Crippen LogP contribution >= 0.6 is 7.94 Å². The van der Waals surface area contributed by atoms with E-state index >= 15 is 0 Å². The molecule has 2 unspecified atom stereocenters. The molecule has 0 aromatic carbocycles. The summed E-state index contributed by atoms with van der Waals surface area (Å²) in [6.07, 6.45) is 0.716. The Morgan fingerprint density at radius 1 is 1.00 bits per heavy atom. The predicted molar refractivity (Wildman–Crippen MR) is 62.0 cm³/mol. The van der Waals surface area contributed by atoms with E-state index in [1.165, 1.54) is 0 Å². The maximum atomic E-state index is 7.77. The van der Waals surface area contributed by atoms with Gasteiger partial charge in [-0.05, 0) is 0 Å². The molecule has 0 aliphatic carbocycles. The first-order chi connectivity index (χ1) is 7.95. The Hall–Kier alpha value is 0.150. The Morgan fingerprint density at radius 2 is 1.29 bits per heavy atom. The number of hydrogen-bond donors (Lipinski definition) is 3. The topological polar surface area (TPSA) is 104 Å². The molecule has 2 heterocycles. The molecule has 0 saturated carbocycles. The van der Waals surface area contributed by atoms with Crippen LogP contribution in [0.5, 0.6) is 0 Å². The second kappa shape index (κ2) is 7.56. The van der Waals surface area contributed by atoms with Crippen molar-refractivity contribution in [1.29, 1.82) is 0 Å². The Bertz CT molecular complexity index is 178. The van der Waals surface area contributed by atoms with Gasteiger partial charge in [0.25, 0.3) is 0 Å². The standard InChI is InChI=1S/C8H14O4.CH7O3P/c1(9-3-7-5-11-7)2-10-4-8-6-12-8;1-5(2,3)4/h7-8H,1-6H2;2-5H,1H3. The van der Waals surface area contributed by atoms with E-state index in [-0.39, 0.29) is 0 Å². The van der Waals surface area contributed by atoms with Crippen LogP contribution < -0.4 is 0 Å². The minimum atomic E-state index is -3.61. The van der Waals surface area contributed by atoms with E-state index < -0.39 is 7.94 Å². The second-order valence-electron chi connectivity index (χ2n) is 4.03. The summed E-state index contributed by atoms with van der Waals surface area (Å²) in [6.45, 7) is 5.45. The molecule has 104 valence electrons. The molecule has 3 N–H and O–H groups in total. The molecule has 8 heteroatoms. The molecule has 0 amide bonds. The van der Waals surface area contributed by atoms with Crippen LogP contribution in [0.2, 0.25) is 0 Å². The van der Waals surface area contributed by atoms with Crippen molar-refractivity contribution in [3.05, 3.63) is 0 Å². The molecule has 7 nitrogen and oxygen atoms in total. The van der Waals surface area contributed by atoms with Crippen molar-refractivity contribution in [3.8, 4) is 0 Å². The van der Waals surface area contributed by atoms with Gasteiger partial charge in [0.15, 0.2) is 0 Å². The minimum absolute atomic E-state index is 0.358. The normalized spacial score (nSPS) is 27.1. The molecular formula is C9H21O7P. The van der Waals surface area contributed by atoms with E-state index in [2.05, 4.69) is 0 Å². The van der Waals surface area contributed by atoms with Gasteiger partial charge in [-0.15, -0.1) is 0 Å². The molecule has 2 fully saturated rings. The van der Waals surface area contributed by atoms with Gasteiger partial charge in [0.05, 0.1) is 39.6 Å². The fourth-order valence-corrected chi connectivity index (χ4v) is 0.876. The molecule has 0 bridgehead atoms. The van der Waals surface area contributed by atoms with Crippen LogP contribution in [0.3, 0.4) is 0 Å². The monoisotopic (exact) mass is 272 g/mol. The van der Waals surface area contributed by atoms with Crippen molar-refractivity contribution in [3.63, 3.8) is 0 Å². The molecular weight excluding hydrogens is 251 g/mol. The first-order valence-corrected chi connectivity index (χ1v) is 7.85. The third-order valence-electron chi connectivity index (χ3n) is 1.78. The van der Waals surface area contributed by atoms with Crippen LogP contribution in [0.15, 0.2) is 0 Å². The van der Waals surface area contributed by atoms with Gasteiger partial charge in [0.1, 0.15) is 12.2 Å². The van der Waals surface area contributed by atoms with Gasteiger partial charge in [0, 0.05) is 0 Å². The zero-order valence-corrected chi connectivity index (χ0v) is 10.9. The summed E-state index contributed by atoms with van der Waals surface area (Å²) in [7, 11) is -3.61. The molecule has 2 saturated heterocycles. The summed E-state index contributed by atoms with van der Waals surface area (Å²) in [4.78, 5) is 23.3. The Kier molecular flexibility index (Phi) is 6.76. The molecule has 2 aliphatic heterocycles. The zero-order valence-electron chi connectivity index (χ0n) is 9.87. The molecule has 2 atom stereocenters. The second-order valence-corrected chi connectivity index (χ2v) is 5.97. The number of epoxide rings is 2. The van der Waals surface area contributed by atoms with E-state index in [0.29, 0.717) is 38.6 Å². The first kappa shape index (κ1) is 15.2. The first-order valence-electron chi connectivity index (χ1n) is 5.51. The summed E-state index contributed by atoms with van der Waals surface area (Å²) in [5.74, 6) is 0. The summed E-state index contributed by atoms with van der Waals surface area (Å²) in [6, 6.07) is 0. The van der Waals surface area contributed by atoms with Gasteiger partial charge in [0.2, 0.25) is 0 Å². The molecule has 2 rings (SSSR count). The van der Waals surface area contributed by atoms with Crippen molar-refractivity contribution in [2.24, 2.45) is 0 Å². The molecule has 17 heavy (non-hydrogen) atoms. The van der Waals surface area contributed by atoms with Gasteiger partial charge < -0.3 is 18.9 Å². The van der Waals surface area contributed by atoms with Crippen LogP contribution in [0, 0.1) is 0 Å². The summed E-state index contributed by atoms with van der Waals surface area (Å²) >= 11 is 0. The van der Waals surface area contributed by atoms with Crippen LogP contribution in [0.1, 0.15) is 0 Å². The SMILES string of the molecule is C(COCC1CO1)OCC1CO1.C[PH](O)(O)O. The molecule has 2 aliphatic rings. The average Bonchev–Trinajstić information content (AvgIpc) is 3.01. The van der Waals surface area contributed by atoms with Crippen LogP contribution in [-0.4, -0.2) is 73.2 Å². The Balaban J connectivity index is 0.000000249. The van der Waals surface area contributed by atoms with Crippen LogP contribution in [0.25, 0.3) is 0 Å². The van der Waals surface area contributed by atoms with Crippen molar-refractivity contribution >= 4 is 7.94 Å². The van der Waals surface area contributed by atoms with Gasteiger partial charge in [-0.2, -0.15) is 0 Å². The van der Waals surface area contributed by atoms with Crippen molar-refractivity contribution in [1.82, 2.24) is 0 Å². The summed E-state index contributed by atoms with van der Waals surface area (Å²) < 4.78 is 20.5. The van der Waals surface area contributed by atoms with Crippen molar-refractivity contribution in [2.45, 2.75) is 12.2 Å². The van der Waals surface area contributed by atoms with Gasteiger partial charge in [-0.1, -0.05) is 0 Å². The van der Waals surface area contributed by atoms with E-state index in [1.54, 1.807) is 0 Å². The molecule has 0 aromatic heterocycles. The van der Waals surface area contributed by atoms with E-state index in [9.17, 15) is 0 Å². The van der Waals surface area contributed by atoms with Gasteiger partial charge >= 0.3 is 29.3 Å². The number of hydrogen-bond acceptors (Lipinski definition) is 7. The molecule has 0 spiro atoms. The van der Waals surface area contributed by atoms with Gasteiger partial charge in [-0.3, -0.25) is 0 Å². The van der Waals surface area contributed by atoms with E-state index in [1.807, 2.05) is 0 Å². The fourth-order valence-electron chi connectivity index (χ4n) is 0.876. The third-order valence-corrected chi connectivity index (χ3v) is 1.78. The fraction of sp³-hybridized carbons (Fsp3) is 1.00. The quantitative estimate of drug-likeness (QED) is 0.307. The van der Waals surface area contributed by atoms with E-state index in [0.717, 1.165) is 19.9 Å². The van der Waals surface area contributed by atoms with Crippen LogP contribution in [0.4, 0.5) is 0 Å². The van der Waals surface area contributed by atoms with E-state index in [4.69, 9.17) is 33.6 Å². The number of ether oxygens (including phenoxy) is 4. The van der Waals surface area contributed by atoms with Crippen LogP contribution in [-0.2, 0) is 18.9 Å². The molecule has 0 aromatic rings. The maximum absolute atomic E-state index is 7.77. The summed E-state index contributed by atoms with van der Waals surface area (Å²) in [5.41, 5.74) is 0. The van der Waals surface area contributed by atoms with Crippen molar-refractivity contribution < 1.29 is 33.6 Å². The van der Waals surface area contributed by atoms with Crippen molar-refractivity contribution in [2.75, 3.05) is 46.3 Å². The molecule has 0 radical (unpaired) electrons. The Labute approximate surface area is 101 Å². The zero-order chi connectivity index (χ0) is 12.7. The predicted octanol–water partition coefficient (Wildman–Crippen LogP) is -1.09.